The number of aromatic nitrogens is 1. The fraction of sp³-hybridized carbons (Fsp3) is 0.125. The van der Waals surface area contributed by atoms with E-state index in [1.807, 2.05) is 0 Å². The van der Waals surface area contributed by atoms with Gasteiger partial charge in [-0.15, -0.1) is 0 Å². The summed E-state index contributed by atoms with van der Waals surface area (Å²) in [5, 5.41) is 2.61. The Morgan fingerprint density at radius 3 is 1.86 bits per heavy atom. The van der Waals surface area contributed by atoms with Crippen molar-refractivity contribution < 1.29 is 0 Å². The molecule has 0 N–H and O–H groups in total. The first-order valence-corrected chi connectivity index (χ1v) is 17.7. The van der Waals surface area contributed by atoms with Crippen molar-refractivity contribution in [2.75, 3.05) is 4.90 Å². The third-order valence-electron chi connectivity index (χ3n) is 11.6. The van der Waals surface area contributed by atoms with Gasteiger partial charge in [-0.1, -0.05) is 125 Å². The molecule has 2 heterocycles. The summed E-state index contributed by atoms with van der Waals surface area (Å²) in [7, 11) is 0. The highest BCUT2D eigenvalue weighted by atomic mass is 15.1. The monoisotopic (exact) mass is 642 g/mol. The Bertz CT molecular complexity index is 2640. The van der Waals surface area contributed by atoms with Gasteiger partial charge >= 0.3 is 0 Å². The minimum absolute atomic E-state index is 0.0650. The maximum Gasteiger partial charge on any atom is 0.0582 e. The summed E-state index contributed by atoms with van der Waals surface area (Å²) in [5.74, 6) is 0. The maximum atomic E-state index is 2.49. The molecule has 0 bridgehead atoms. The zero-order valence-electron chi connectivity index (χ0n) is 28.9. The number of hydrogen-bond donors (Lipinski definition) is 0. The molecule has 0 spiro atoms. The number of para-hydroxylation sites is 3. The SMILES string of the molecule is CC1(C)c2ccccc2-c2ccc(N(c3ccccc3)c3ccc(-c4cc5c6c(c4)c4ccccc4n6-c4ccccc4C5(C)C)cc3)cc21. The number of rotatable bonds is 4. The number of nitrogens with zero attached hydrogens (tertiary/aromatic N) is 2. The molecule has 1 aliphatic heterocycles. The zero-order chi connectivity index (χ0) is 33.8. The van der Waals surface area contributed by atoms with Crippen LogP contribution in [-0.4, -0.2) is 4.57 Å². The molecule has 0 saturated carbocycles. The standard InChI is InChI=1S/C48H38N2/c1-47(2)40-18-10-8-16-36(40)37-27-26-35(30-42(37)47)49(33-14-6-5-7-15-33)34-24-22-31(23-25-34)32-28-39-38-17-9-12-20-44(38)50-45-21-13-11-19-41(45)48(3,4)43(29-32)46(39)50/h5-30H,1-4H3. The second-order valence-electron chi connectivity index (χ2n) is 15.0. The van der Waals surface area contributed by atoms with Crippen molar-refractivity contribution in [3.05, 3.63) is 180 Å². The van der Waals surface area contributed by atoms with Gasteiger partial charge in [-0.3, -0.25) is 0 Å². The predicted octanol–water partition coefficient (Wildman–Crippen LogP) is 12.9. The number of fused-ring (bicyclic) bond motifs is 8. The lowest BCUT2D eigenvalue weighted by Gasteiger charge is -2.35. The Morgan fingerprint density at radius 2 is 1.04 bits per heavy atom. The van der Waals surface area contributed by atoms with Crippen molar-refractivity contribution >= 4 is 38.9 Å². The topological polar surface area (TPSA) is 8.17 Å². The molecular weight excluding hydrogens is 605 g/mol. The molecule has 2 heteroatoms. The van der Waals surface area contributed by atoms with Gasteiger partial charge in [0.25, 0.3) is 0 Å². The Morgan fingerprint density at radius 1 is 0.420 bits per heavy atom. The molecule has 0 atom stereocenters. The summed E-state index contributed by atoms with van der Waals surface area (Å²) in [6.45, 7) is 9.46. The molecule has 0 saturated heterocycles. The summed E-state index contributed by atoms with van der Waals surface area (Å²) < 4.78 is 2.49. The first-order valence-electron chi connectivity index (χ1n) is 17.7. The van der Waals surface area contributed by atoms with Gasteiger partial charge in [0.05, 0.1) is 16.7 Å². The third-order valence-corrected chi connectivity index (χ3v) is 11.6. The van der Waals surface area contributed by atoms with E-state index in [1.165, 1.54) is 77.7 Å². The highest BCUT2D eigenvalue weighted by Gasteiger charge is 2.37. The molecule has 2 nitrogen and oxygen atoms in total. The van der Waals surface area contributed by atoms with Gasteiger partial charge in [-0.2, -0.15) is 0 Å². The predicted molar refractivity (Wildman–Crippen MR) is 211 cm³/mol. The quantitative estimate of drug-likeness (QED) is 0.185. The van der Waals surface area contributed by atoms with Gasteiger partial charge < -0.3 is 9.47 Å². The molecule has 0 amide bonds. The van der Waals surface area contributed by atoms with E-state index in [4.69, 9.17) is 0 Å². The highest BCUT2D eigenvalue weighted by Crippen LogP contribution is 2.51. The molecule has 50 heavy (non-hydrogen) atoms. The first kappa shape index (κ1) is 29.1. The maximum absolute atomic E-state index is 2.49. The normalized spacial score (nSPS) is 14.7. The molecule has 10 rings (SSSR count). The van der Waals surface area contributed by atoms with Crippen LogP contribution in [0.3, 0.4) is 0 Å². The molecule has 2 aliphatic rings. The van der Waals surface area contributed by atoms with Crippen LogP contribution in [0.2, 0.25) is 0 Å². The summed E-state index contributed by atoms with van der Waals surface area (Å²) in [6, 6.07) is 58.4. The summed E-state index contributed by atoms with van der Waals surface area (Å²) in [5.41, 5.74) is 17.8. The minimum atomic E-state index is -0.139. The fourth-order valence-corrected chi connectivity index (χ4v) is 8.99. The van der Waals surface area contributed by atoms with E-state index >= 15 is 0 Å². The Labute approximate surface area is 293 Å². The largest absolute Gasteiger partial charge is 0.310 e. The van der Waals surface area contributed by atoms with Crippen molar-refractivity contribution in [3.8, 4) is 27.9 Å². The second-order valence-corrected chi connectivity index (χ2v) is 15.0. The summed E-state index contributed by atoms with van der Waals surface area (Å²) in [6.07, 6.45) is 0. The molecule has 7 aromatic carbocycles. The van der Waals surface area contributed by atoms with E-state index in [-0.39, 0.29) is 10.8 Å². The first-order chi connectivity index (χ1) is 24.3. The van der Waals surface area contributed by atoms with E-state index in [2.05, 4.69) is 195 Å². The van der Waals surface area contributed by atoms with E-state index in [0.717, 1.165) is 11.4 Å². The Hall–Kier alpha value is -5.86. The number of benzene rings is 7. The lowest BCUT2D eigenvalue weighted by Crippen LogP contribution is -2.26. The smallest absolute Gasteiger partial charge is 0.0582 e. The van der Waals surface area contributed by atoms with Crippen LogP contribution in [0.15, 0.2) is 158 Å². The molecule has 1 aromatic heterocycles. The van der Waals surface area contributed by atoms with Crippen molar-refractivity contribution in [1.82, 2.24) is 4.57 Å². The zero-order valence-corrected chi connectivity index (χ0v) is 28.9. The van der Waals surface area contributed by atoms with Gasteiger partial charge in [0.2, 0.25) is 0 Å². The van der Waals surface area contributed by atoms with Crippen LogP contribution < -0.4 is 4.90 Å². The second kappa shape index (κ2) is 10.3. The molecule has 240 valence electrons. The molecule has 0 fully saturated rings. The Kier molecular flexibility index (Phi) is 6.01. The fourth-order valence-electron chi connectivity index (χ4n) is 8.99. The molecular formula is C48H38N2. The van der Waals surface area contributed by atoms with E-state index in [1.54, 1.807) is 0 Å². The third kappa shape index (κ3) is 3.96. The van der Waals surface area contributed by atoms with Crippen molar-refractivity contribution in [2.24, 2.45) is 0 Å². The average molecular weight is 643 g/mol. The molecule has 0 unspecified atom stereocenters. The van der Waals surface area contributed by atoms with Crippen LogP contribution in [0, 0.1) is 0 Å². The van der Waals surface area contributed by atoms with Gasteiger partial charge in [-0.05, 0) is 105 Å². The van der Waals surface area contributed by atoms with Gasteiger partial charge in [0.15, 0.2) is 0 Å². The van der Waals surface area contributed by atoms with Crippen molar-refractivity contribution in [2.45, 2.75) is 38.5 Å². The lowest BCUT2D eigenvalue weighted by molar-refractivity contribution is 0.630. The summed E-state index contributed by atoms with van der Waals surface area (Å²) in [4.78, 5) is 2.39. The Balaban J connectivity index is 1.12. The van der Waals surface area contributed by atoms with Crippen LogP contribution in [0.5, 0.6) is 0 Å². The van der Waals surface area contributed by atoms with E-state index < -0.39 is 0 Å². The van der Waals surface area contributed by atoms with Crippen LogP contribution in [0.1, 0.15) is 49.9 Å². The number of anilines is 3. The molecule has 0 radical (unpaired) electrons. The van der Waals surface area contributed by atoms with Crippen molar-refractivity contribution in [1.29, 1.82) is 0 Å². The van der Waals surface area contributed by atoms with Crippen LogP contribution in [-0.2, 0) is 10.8 Å². The van der Waals surface area contributed by atoms with Crippen molar-refractivity contribution in [3.63, 3.8) is 0 Å². The van der Waals surface area contributed by atoms with Crippen LogP contribution >= 0.6 is 0 Å². The lowest BCUT2D eigenvalue weighted by atomic mass is 9.74. The van der Waals surface area contributed by atoms with Crippen LogP contribution in [0.4, 0.5) is 17.1 Å². The van der Waals surface area contributed by atoms with Gasteiger partial charge in [0.1, 0.15) is 0 Å². The average Bonchev–Trinajstić information content (AvgIpc) is 3.60. The van der Waals surface area contributed by atoms with Crippen LogP contribution in [0.25, 0.3) is 49.7 Å². The minimum Gasteiger partial charge on any atom is -0.310 e. The highest BCUT2D eigenvalue weighted by molar-refractivity contribution is 6.13. The van der Waals surface area contributed by atoms with E-state index in [0.29, 0.717) is 0 Å². The summed E-state index contributed by atoms with van der Waals surface area (Å²) >= 11 is 0. The molecule has 1 aliphatic carbocycles. The van der Waals surface area contributed by atoms with Gasteiger partial charge in [0, 0.05) is 38.7 Å². The number of hydrogen-bond acceptors (Lipinski definition) is 1. The molecule has 8 aromatic rings. The van der Waals surface area contributed by atoms with E-state index in [9.17, 15) is 0 Å². The van der Waals surface area contributed by atoms with Gasteiger partial charge in [-0.25, -0.2) is 0 Å².